The van der Waals surface area contributed by atoms with E-state index >= 15 is 0 Å². The van der Waals surface area contributed by atoms with Gasteiger partial charge in [-0.15, -0.1) is 11.3 Å². The molecule has 3 N–H and O–H groups in total. The van der Waals surface area contributed by atoms with Crippen molar-refractivity contribution in [3.63, 3.8) is 0 Å². The maximum Gasteiger partial charge on any atom is 0.268 e. The van der Waals surface area contributed by atoms with Crippen LogP contribution in [0.3, 0.4) is 0 Å². The van der Waals surface area contributed by atoms with Gasteiger partial charge >= 0.3 is 0 Å². The number of amides is 3. The summed E-state index contributed by atoms with van der Waals surface area (Å²) in [6, 6.07) is 3.88. The van der Waals surface area contributed by atoms with Gasteiger partial charge in [-0.1, -0.05) is 31.4 Å². The molecule has 1 unspecified atom stereocenters. The van der Waals surface area contributed by atoms with Gasteiger partial charge in [0, 0.05) is 31.6 Å². The van der Waals surface area contributed by atoms with Crippen molar-refractivity contribution in [1.82, 2.24) is 15.1 Å². The number of hydrogen-bond acceptors (Lipinski definition) is 6. The topological polar surface area (TPSA) is 108 Å². The molecule has 2 aliphatic carbocycles. The van der Waals surface area contributed by atoms with Crippen LogP contribution in [0.2, 0.25) is 0 Å². The van der Waals surface area contributed by atoms with Crippen molar-refractivity contribution >= 4 is 35.0 Å². The monoisotopic (exact) mass is 483 g/mol. The lowest BCUT2D eigenvalue weighted by Gasteiger charge is -2.39. The Balaban J connectivity index is 1.56. The normalized spacial score (nSPS) is 22.4. The number of primary amides is 1. The second-order valence-corrected chi connectivity index (χ2v) is 10.4. The molecule has 2 heterocycles. The van der Waals surface area contributed by atoms with Crippen LogP contribution < -0.4 is 11.1 Å². The van der Waals surface area contributed by atoms with Crippen molar-refractivity contribution in [2.75, 3.05) is 13.6 Å². The fourth-order valence-corrected chi connectivity index (χ4v) is 5.62. The summed E-state index contributed by atoms with van der Waals surface area (Å²) in [6.07, 6.45) is 10.9. The quantitative estimate of drug-likeness (QED) is 0.621. The lowest BCUT2D eigenvalue weighted by molar-refractivity contribution is -0.128. The van der Waals surface area contributed by atoms with Crippen molar-refractivity contribution < 1.29 is 14.4 Å². The highest BCUT2D eigenvalue weighted by molar-refractivity contribution is 7.12. The first kappa shape index (κ1) is 24.2. The average molecular weight is 484 g/mol. The van der Waals surface area contributed by atoms with Crippen LogP contribution in [0, 0.1) is 0 Å². The van der Waals surface area contributed by atoms with Crippen LogP contribution in [0.5, 0.6) is 0 Å². The number of nitrogens with two attached hydrogens (primary N) is 1. The molecule has 0 spiro atoms. The van der Waals surface area contributed by atoms with Gasteiger partial charge in [-0.05, 0) is 50.1 Å². The molecule has 0 aromatic carbocycles. The number of rotatable bonds is 7. The van der Waals surface area contributed by atoms with E-state index in [0.29, 0.717) is 35.8 Å². The molecule has 0 radical (unpaired) electrons. The van der Waals surface area contributed by atoms with E-state index in [1.165, 1.54) is 30.6 Å². The lowest BCUT2D eigenvalue weighted by atomic mass is 9.85. The zero-order valence-corrected chi connectivity index (χ0v) is 20.7. The van der Waals surface area contributed by atoms with Gasteiger partial charge in [0.2, 0.25) is 11.9 Å². The van der Waals surface area contributed by atoms with Crippen LogP contribution in [-0.4, -0.2) is 58.7 Å². The molecular formula is C25H33N5O3S. The molecule has 182 valence electrons. The molecule has 3 amide bonds. The van der Waals surface area contributed by atoms with Crippen LogP contribution in [0.25, 0.3) is 0 Å². The molecule has 1 saturated carbocycles. The summed E-state index contributed by atoms with van der Waals surface area (Å²) < 4.78 is 0. The fourth-order valence-electron chi connectivity index (χ4n) is 5.00. The lowest BCUT2D eigenvalue weighted by Crippen LogP contribution is -2.52. The van der Waals surface area contributed by atoms with Crippen molar-refractivity contribution in [2.45, 2.75) is 69.9 Å². The highest BCUT2D eigenvalue weighted by atomic mass is 32.1. The largest absolute Gasteiger partial charge is 0.370 e. The van der Waals surface area contributed by atoms with Gasteiger partial charge in [0.1, 0.15) is 0 Å². The van der Waals surface area contributed by atoms with Crippen LogP contribution in [-0.2, 0) is 9.59 Å². The Hall–Kier alpha value is -2.94. The molecule has 1 aliphatic heterocycles. The second-order valence-electron chi connectivity index (χ2n) is 9.46. The summed E-state index contributed by atoms with van der Waals surface area (Å²) in [4.78, 5) is 46.6. The highest BCUT2D eigenvalue weighted by Crippen LogP contribution is 2.40. The molecule has 1 aromatic heterocycles. The van der Waals surface area contributed by atoms with Crippen molar-refractivity contribution in [2.24, 2.45) is 10.7 Å². The molecule has 9 heteroatoms. The van der Waals surface area contributed by atoms with E-state index in [2.05, 4.69) is 12.2 Å². The molecule has 8 nitrogen and oxygen atoms in total. The first-order valence-corrected chi connectivity index (χ1v) is 12.9. The van der Waals surface area contributed by atoms with Gasteiger partial charge < -0.3 is 15.5 Å². The third kappa shape index (κ3) is 4.94. The third-order valence-corrected chi connectivity index (χ3v) is 7.97. The number of likely N-dealkylation sites (N-methyl/N-ethyl adjacent to an activating group) is 1. The van der Waals surface area contributed by atoms with E-state index in [9.17, 15) is 14.4 Å². The van der Waals surface area contributed by atoms with Crippen LogP contribution in [0.1, 0.15) is 68.0 Å². The van der Waals surface area contributed by atoms with Gasteiger partial charge in [0.05, 0.1) is 16.1 Å². The van der Waals surface area contributed by atoms with E-state index in [0.717, 1.165) is 18.5 Å². The Bertz CT molecular complexity index is 1040. The highest BCUT2D eigenvalue weighted by Gasteiger charge is 2.45. The first-order chi connectivity index (χ1) is 16.3. The second kappa shape index (κ2) is 10.1. The Kier molecular flexibility index (Phi) is 7.21. The predicted molar refractivity (Wildman–Crippen MR) is 133 cm³/mol. The van der Waals surface area contributed by atoms with E-state index in [1.807, 2.05) is 40.4 Å². The molecule has 0 saturated heterocycles. The molecule has 1 atom stereocenters. The zero-order chi connectivity index (χ0) is 24.3. The molecule has 1 fully saturated rings. The minimum Gasteiger partial charge on any atom is -0.370 e. The Morgan fingerprint density at radius 2 is 2.06 bits per heavy atom. The van der Waals surface area contributed by atoms with Crippen molar-refractivity contribution in [1.29, 1.82) is 0 Å². The smallest absolute Gasteiger partial charge is 0.268 e. The number of aliphatic imine (C=N–C) groups is 1. The Morgan fingerprint density at radius 1 is 1.29 bits per heavy atom. The molecular weight excluding hydrogens is 450 g/mol. The minimum absolute atomic E-state index is 0.0213. The summed E-state index contributed by atoms with van der Waals surface area (Å²) in [5.41, 5.74) is 6.22. The zero-order valence-electron chi connectivity index (χ0n) is 19.9. The van der Waals surface area contributed by atoms with E-state index in [-0.39, 0.29) is 30.2 Å². The molecule has 4 rings (SSSR count). The summed E-state index contributed by atoms with van der Waals surface area (Å²) in [5.74, 6) is -0.117. The third-order valence-electron chi connectivity index (χ3n) is 7.11. The van der Waals surface area contributed by atoms with Crippen molar-refractivity contribution in [3.8, 4) is 0 Å². The Morgan fingerprint density at radius 3 is 2.74 bits per heavy atom. The molecule has 3 aliphatic rings. The molecule has 34 heavy (non-hydrogen) atoms. The van der Waals surface area contributed by atoms with Crippen LogP contribution in [0.15, 0.2) is 45.9 Å². The maximum absolute atomic E-state index is 13.3. The number of nitrogens with zero attached hydrogens (tertiary/aromatic N) is 3. The van der Waals surface area contributed by atoms with E-state index in [1.54, 1.807) is 6.07 Å². The Labute approximate surface area is 204 Å². The maximum atomic E-state index is 13.3. The molecule has 1 aromatic rings. The standard InChI is InChI=1S/C25H33N5O3S/c1-25-13-12-17(23(33)29(2)18-8-4-3-5-9-18)16-20(25)27-24(30(25)14-6-11-21(26)31)28-22(32)19-10-7-15-34-19/h7,10,12,15-16,18H,3-6,8-9,11,13-14H2,1-2H3,(H2,26,31)(H,27,28,32). The minimum atomic E-state index is -0.511. The number of nitrogens with one attached hydrogen (secondary N) is 1. The summed E-state index contributed by atoms with van der Waals surface area (Å²) >= 11 is 1.36. The van der Waals surface area contributed by atoms with Crippen LogP contribution in [0.4, 0.5) is 0 Å². The number of fused-ring (bicyclic) bond motifs is 1. The summed E-state index contributed by atoms with van der Waals surface area (Å²) in [7, 11) is 1.90. The van der Waals surface area contributed by atoms with E-state index < -0.39 is 5.54 Å². The van der Waals surface area contributed by atoms with E-state index in [4.69, 9.17) is 10.7 Å². The molecule has 0 bridgehead atoms. The number of carbonyl (C=O) groups is 3. The SMILES string of the molecule is CN(C(=O)C1=CCC2(C)C(=C1)N=C(NC(=O)c1cccs1)N2CCCC(N)=O)C1CCCCC1. The number of hydrogen-bond donors (Lipinski definition) is 2. The number of thiophene rings is 1. The van der Waals surface area contributed by atoms with Crippen LogP contribution >= 0.6 is 11.3 Å². The van der Waals surface area contributed by atoms with Gasteiger partial charge in [-0.2, -0.15) is 0 Å². The first-order valence-electron chi connectivity index (χ1n) is 12.0. The van der Waals surface area contributed by atoms with Crippen molar-refractivity contribution in [3.05, 3.63) is 45.8 Å². The average Bonchev–Trinajstić information content (AvgIpc) is 3.45. The number of carbonyl (C=O) groups excluding carboxylic acids is 3. The predicted octanol–water partition coefficient (Wildman–Crippen LogP) is 3.18. The van der Waals surface area contributed by atoms with Gasteiger partial charge in [-0.3, -0.25) is 19.7 Å². The fraction of sp³-hybridized carbons (Fsp3) is 0.520. The number of guanidine groups is 1. The van der Waals surface area contributed by atoms with Gasteiger partial charge in [0.15, 0.2) is 0 Å². The summed E-state index contributed by atoms with van der Waals surface area (Å²) in [5, 5.41) is 4.79. The van der Waals surface area contributed by atoms with Gasteiger partial charge in [0.25, 0.3) is 11.8 Å². The summed E-state index contributed by atoms with van der Waals surface area (Å²) in [6.45, 7) is 2.57. The van der Waals surface area contributed by atoms with Gasteiger partial charge in [-0.25, -0.2) is 4.99 Å².